The zero-order valence-corrected chi connectivity index (χ0v) is 6.06. The first-order valence-electron chi connectivity index (χ1n) is 2.85. The molecule has 3 nitrogen and oxygen atoms in total. The number of rotatable bonds is 3. The highest BCUT2D eigenvalue weighted by molar-refractivity contribution is 5.46. The SMILES string of the molecule is CC(C)(C)N[CH]NC=O. The van der Waals surface area contributed by atoms with Crippen molar-refractivity contribution >= 4 is 6.41 Å². The van der Waals surface area contributed by atoms with E-state index in [2.05, 4.69) is 10.6 Å². The number of hydrogen-bond donors (Lipinski definition) is 2. The number of amides is 1. The minimum atomic E-state index is 0.0238. The van der Waals surface area contributed by atoms with Gasteiger partial charge in [-0.1, -0.05) is 0 Å². The molecule has 1 radical (unpaired) electrons. The van der Waals surface area contributed by atoms with Gasteiger partial charge in [-0.15, -0.1) is 0 Å². The first kappa shape index (κ1) is 8.43. The summed E-state index contributed by atoms with van der Waals surface area (Å²) in [5.41, 5.74) is 0.0238. The van der Waals surface area contributed by atoms with Gasteiger partial charge in [-0.25, -0.2) is 0 Å². The molecule has 0 spiro atoms. The van der Waals surface area contributed by atoms with Gasteiger partial charge in [-0.05, 0) is 20.8 Å². The third-order valence-corrected chi connectivity index (χ3v) is 0.657. The van der Waals surface area contributed by atoms with Crippen molar-refractivity contribution in [2.75, 3.05) is 0 Å². The molecule has 0 rings (SSSR count). The van der Waals surface area contributed by atoms with Gasteiger partial charge in [0.1, 0.15) is 6.67 Å². The molecular weight excluding hydrogens is 116 g/mol. The molecule has 0 aliphatic heterocycles. The fourth-order valence-electron chi connectivity index (χ4n) is 0.292. The van der Waals surface area contributed by atoms with Crippen molar-refractivity contribution in [2.45, 2.75) is 26.3 Å². The Kier molecular flexibility index (Phi) is 3.24. The fourth-order valence-corrected chi connectivity index (χ4v) is 0.292. The summed E-state index contributed by atoms with van der Waals surface area (Å²) in [5.74, 6) is 0. The van der Waals surface area contributed by atoms with E-state index in [4.69, 9.17) is 0 Å². The molecule has 0 atom stereocenters. The fraction of sp³-hybridized carbons (Fsp3) is 0.667. The second-order valence-corrected chi connectivity index (χ2v) is 2.82. The minimum Gasteiger partial charge on any atom is -0.340 e. The van der Waals surface area contributed by atoms with Crippen LogP contribution in [0.25, 0.3) is 0 Å². The molecule has 53 valence electrons. The van der Waals surface area contributed by atoms with Gasteiger partial charge in [-0.2, -0.15) is 0 Å². The maximum atomic E-state index is 9.71. The van der Waals surface area contributed by atoms with Crippen LogP contribution in [-0.2, 0) is 4.79 Å². The Morgan fingerprint density at radius 1 is 1.33 bits per heavy atom. The summed E-state index contributed by atoms with van der Waals surface area (Å²) in [6.07, 6.45) is 0.624. The maximum absolute atomic E-state index is 9.71. The van der Waals surface area contributed by atoms with Crippen LogP contribution in [0, 0.1) is 6.67 Å². The molecular formula is C6H13N2O. The van der Waals surface area contributed by atoms with E-state index in [1.807, 2.05) is 20.8 Å². The number of hydrogen-bond acceptors (Lipinski definition) is 2. The Hall–Kier alpha value is -0.570. The molecule has 0 unspecified atom stereocenters. The van der Waals surface area contributed by atoms with Gasteiger partial charge < -0.3 is 5.32 Å². The number of nitrogens with one attached hydrogen (secondary N) is 2. The summed E-state index contributed by atoms with van der Waals surface area (Å²) in [6.45, 7) is 7.55. The average molecular weight is 129 g/mol. The normalized spacial score (nSPS) is 11.0. The van der Waals surface area contributed by atoms with E-state index < -0.39 is 0 Å². The summed E-state index contributed by atoms with van der Waals surface area (Å²) < 4.78 is 0. The number of carbonyl (C=O) groups excluding carboxylic acids is 1. The molecule has 3 heteroatoms. The highest BCUT2D eigenvalue weighted by Gasteiger charge is 2.06. The first-order valence-corrected chi connectivity index (χ1v) is 2.85. The highest BCUT2D eigenvalue weighted by Crippen LogP contribution is 1.96. The molecule has 0 aromatic heterocycles. The summed E-state index contributed by atoms with van der Waals surface area (Å²) in [4.78, 5) is 9.71. The van der Waals surface area contributed by atoms with Gasteiger partial charge in [0, 0.05) is 5.54 Å². The lowest BCUT2D eigenvalue weighted by Crippen LogP contribution is -2.37. The van der Waals surface area contributed by atoms with Crippen LogP contribution in [0.4, 0.5) is 0 Å². The van der Waals surface area contributed by atoms with Crippen molar-refractivity contribution in [2.24, 2.45) is 0 Å². The van der Waals surface area contributed by atoms with E-state index in [-0.39, 0.29) is 5.54 Å². The van der Waals surface area contributed by atoms with E-state index in [0.29, 0.717) is 6.41 Å². The Balaban J connectivity index is 3.17. The van der Waals surface area contributed by atoms with Crippen LogP contribution in [0.3, 0.4) is 0 Å². The van der Waals surface area contributed by atoms with Gasteiger partial charge in [0.2, 0.25) is 6.41 Å². The third-order valence-electron chi connectivity index (χ3n) is 0.657. The molecule has 0 aromatic carbocycles. The number of carbonyl (C=O) groups is 1. The van der Waals surface area contributed by atoms with E-state index in [9.17, 15) is 4.79 Å². The zero-order chi connectivity index (χ0) is 7.33. The topological polar surface area (TPSA) is 41.1 Å². The second kappa shape index (κ2) is 3.45. The lowest BCUT2D eigenvalue weighted by molar-refractivity contribution is -0.109. The highest BCUT2D eigenvalue weighted by atomic mass is 16.1. The van der Waals surface area contributed by atoms with Crippen LogP contribution in [0.5, 0.6) is 0 Å². The molecule has 0 bridgehead atoms. The second-order valence-electron chi connectivity index (χ2n) is 2.82. The van der Waals surface area contributed by atoms with Crippen molar-refractivity contribution in [3.8, 4) is 0 Å². The minimum absolute atomic E-state index is 0.0238. The molecule has 9 heavy (non-hydrogen) atoms. The summed E-state index contributed by atoms with van der Waals surface area (Å²) >= 11 is 0. The van der Waals surface area contributed by atoms with Crippen molar-refractivity contribution in [3.63, 3.8) is 0 Å². The zero-order valence-electron chi connectivity index (χ0n) is 6.06. The molecule has 0 fully saturated rings. The summed E-state index contributed by atoms with van der Waals surface area (Å²) in [5, 5.41) is 5.34. The van der Waals surface area contributed by atoms with Crippen LogP contribution < -0.4 is 10.6 Å². The lowest BCUT2D eigenvalue weighted by atomic mass is 10.1. The quantitative estimate of drug-likeness (QED) is 0.423. The standard InChI is InChI=1S/C6H13N2O/c1-6(2,3)8-4-7-5-9/h4-5,8H,1-3H3,(H,7,9). The van der Waals surface area contributed by atoms with E-state index >= 15 is 0 Å². The molecule has 1 amide bonds. The predicted molar refractivity (Wildman–Crippen MR) is 36.4 cm³/mol. The molecule has 2 N–H and O–H groups in total. The molecule has 0 aromatic rings. The Labute approximate surface area is 55.8 Å². The van der Waals surface area contributed by atoms with Crippen LogP contribution in [0.15, 0.2) is 0 Å². The van der Waals surface area contributed by atoms with Crippen LogP contribution >= 0.6 is 0 Å². The van der Waals surface area contributed by atoms with Gasteiger partial charge in [-0.3, -0.25) is 10.1 Å². The summed E-state index contributed by atoms with van der Waals surface area (Å²) in [7, 11) is 0. The van der Waals surface area contributed by atoms with Crippen molar-refractivity contribution in [3.05, 3.63) is 6.67 Å². The molecule has 0 heterocycles. The summed E-state index contributed by atoms with van der Waals surface area (Å²) in [6, 6.07) is 0. The van der Waals surface area contributed by atoms with Crippen molar-refractivity contribution < 1.29 is 4.79 Å². The van der Waals surface area contributed by atoms with Gasteiger partial charge >= 0.3 is 0 Å². The average Bonchev–Trinajstić information content (AvgIpc) is 1.63. The lowest BCUT2D eigenvalue weighted by Gasteiger charge is -2.18. The Bertz CT molecular complexity index is 85.5. The van der Waals surface area contributed by atoms with Gasteiger partial charge in [0.05, 0.1) is 0 Å². The van der Waals surface area contributed by atoms with E-state index in [1.165, 1.54) is 6.67 Å². The van der Waals surface area contributed by atoms with Gasteiger partial charge in [0.15, 0.2) is 0 Å². The van der Waals surface area contributed by atoms with Gasteiger partial charge in [0.25, 0.3) is 0 Å². The largest absolute Gasteiger partial charge is 0.340 e. The third kappa shape index (κ3) is 7.43. The first-order chi connectivity index (χ1) is 4.06. The molecule has 0 saturated carbocycles. The predicted octanol–water partition coefficient (Wildman–Crippen LogP) is 0.240. The maximum Gasteiger partial charge on any atom is 0.208 e. The van der Waals surface area contributed by atoms with Crippen molar-refractivity contribution in [1.29, 1.82) is 0 Å². The van der Waals surface area contributed by atoms with Crippen LogP contribution in [0.1, 0.15) is 20.8 Å². The molecule has 0 saturated heterocycles. The Morgan fingerprint density at radius 2 is 1.89 bits per heavy atom. The Morgan fingerprint density at radius 3 is 2.22 bits per heavy atom. The smallest absolute Gasteiger partial charge is 0.208 e. The monoisotopic (exact) mass is 129 g/mol. The van der Waals surface area contributed by atoms with Crippen LogP contribution in [-0.4, -0.2) is 11.9 Å². The molecule has 0 aliphatic carbocycles. The van der Waals surface area contributed by atoms with E-state index in [0.717, 1.165) is 0 Å². The van der Waals surface area contributed by atoms with E-state index in [1.54, 1.807) is 0 Å². The van der Waals surface area contributed by atoms with Crippen molar-refractivity contribution in [1.82, 2.24) is 10.6 Å². The van der Waals surface area contributed by atoms with Crippen LogP contribution in [0.2, 0.25) is 0 Å². The molecule has 0 aliphatic rings.